The lowest BCUT2D eigenvalue weighted by atomic mass is 10.1. The van der Waals surface area contributed by atoms with Crippen LogP contribution < -0.4 is 10.1 Å². The van der Waals surface area contributed by atoms with Crippen molar-refractivity contribution in [3.8, 4) is 11.8 Å². The Bertz CT molecular complexity index is 851. The lowest BCUT2D eigenvalue weighted by Crippen LogP contribution is -2.14. The first kappa shape index (κ1) is 17.6. The maximum atomic E-state index is 12.4. The Morgan fingerprint density at radius 1 is 1.25 bits per heavy atom. The second-order valence-electron chi connectivity index (χ2n) is 5.33. The van der Waals surface area contributed by atoms with E-state index in [0.717, 1.165) is 11.1 Å². The summed E-state index contributed by atoms with van der Waals surface area (Å²) in [6, 6.07) is 12.7. The van der Waals surface area contributed by atoms with E-state index in [1.807, 2.05) is 38.1 Å². The van der Waals surface area contributed by atoms with Gasteiger partial charge in [0.25, 0.3) is 5.91 Å². The van der Waals surface area contributed by atoms with Gasteiger partial charge in [-0.3, -0.25) is 4.79 Å². The number of nitrogens with zero attached hydrogens (tertiary/aromatic N) is 1. The normalized spacial score (nSPS) is 10.9. The van der Waals surface area contributed by atoms with Gasteiger partial charge in [0.15, 0.2) is 0 Å². The molecule has 0 aliphatic heterocycles. The number of hydrogen-bond donors (Lipinski definition) is 1. The molecule has 0 aliphatic carbocycles. The summed E-state index contributed by atoms with van der Waals surface area (Å²) in [7, 11) is 1.52. The number of rotatable bonds is 4. The minimum absolute atomic E-state index is 0.0310. The number of carbonyl (C=O) groups is 1. The highest BCUT2D eigenvalue weighted by Gasteiger charge is 2.12. The fourth-order valence-electron chi connectivity index (χ4n) is 2.18. The second-order valence-corrected chi connectivity index (χ2v) is 5.77. The molecule has 0 radical (unpaired) electrons. The van der Waals surface area contributed by atoms with Crippen molar-refractivity contribution in [1.29, 1.82) is 5.26 Å². The first-order valence-corrected chi connectivity index (χ1v) is 7.66. The minimum atomic E-state index is -0.478. The average Bonchev–Trinajstić information content (AvgIpc) is 2.56. The number of halogens is 1. The van der Waals surface area contributed by atoms with Crippen molar-refractivity contribution < 1.29 is 9.53 Å². The van der Waals surface area contributed by atoms with Gasteiger partial charge in [-0.2, -0.15) is 5.26 Å². The zero-order chi connectivity index (χ0) is 17.7. The van der Waals surface area contributed by atoms with Crippen molar-refractivity contribution in [1.82, 2.24) is 0 Å². The summed E-state index contributed by atoms with van der Waals surface area (Å²) in [4.78, 5) is 12.4. The average molecular weight is 341 g/mol. The van der Waals surface area contributed by atoms with Gasteiger partial charge in [0, 0.05) is 16.3 Å². The summed E-state index contributed by atoms with van der Waals surface area (Å²) in [5.41, 5.74) is 3.16. The maximum Gasteiger partial charge on any atom is 0.266 e. The number of hydrogen-bond acceptors (Lipinski definition) is 3. The number of carbonyl (C=O) groups excluding carboxylic acids is 1. The Labute approximate surface area is 146 Å². The Morgan fingerprint density at radius 3 is 2.67 bits per heavy atom. The number of anilines is 1. The fraction of sp³-hybridized carbons (Fsp3) is 0.158. The molecular weight excluding hydrogens is 324 g/mol. The molecule has 0 atom stereocenters. The van der Waals surface area contributed by atoms with E-state index in [9.17, 15) is 10.1 Å². The van der Waals surface area contributed by atoms with Gasteiger partial charge in [-0.25, -0.2) is 0 Å². The third-order valence-electron chi connectivity index (χ3n) is 3.50. The van der Waals surface area contributed by atoms with Gasteiger partial charge in [-0.1, -0.05) is 23.7 Å². The molecule has 1 amide bonds. The van der Waals surface area contributed by atoms with Crippen molar-refractivity contribution in [3.63, 3.8) is 0 Å². The summed E-state index contributed by atoms with van der Waals surface area (Å²) >= 11 is 5.98. The maximum absolute atomic E-state index is 12.4. The van der Waals surface area contributed by atoms with Crippen molar-refractivity contribution in [3.05, 3.63) is 63.7 Å². The molecule has 0 unspecified atom stereocenters. The minimum Gasteiger partial charge on any atom is -0.496 e. The number of aryl methyl sites for hydroxylation is 2. The SMILES string of the molecule is COc1ccc(Cl)cc1/C=C(\C#N)C(=O)Nc1cc(C)ccc1C. The van der Waals surface area contributed by atoms with Crippen LogP contribution in [-0.2, 0) is 4.79 Å². The molecule has 0 saturated carbocycles. The highest BCUT2D eigenvalue weighted by molar-refractivity contribution is 6.30. The third kappa shape index (κ3) is 4.15. The van der Waals surface area contributed by atoms with E-state index in [2.05, 4.69) is 5.32 Å². The Kier molecular flexibility index (Phi) is 5.62. The van der Waals surface area contributed by atoms with Gasteiger partial charge in [-0.15, -0.1) is 0 Å². The topological polar surface area (TPSA) is 62.1 Å². The first-order valence-electron chi connectivity index (χ1n) is 7.28. The van der Waals surface area contributed by atoms with E-state index in [1.165, 1.54) is 13.2 Å². The number of amides is 1. The van der Waals surface area contributed by atoms with E-state index >= 15 is 0 Å². The zero-order valence-electron chi connectivity index (χ0n) is 13.7. The van der Waals surface area contributed by atoms with Crippen LogP contribution in [0.1, 0.15) is 16.7 Å². The summed E-state index contributed by atoms with van der Waals surface area (Å²) < 4.78 is 5.23. The van der Waals surface area contributed by atoms with Crippen LogP contribution in [0.15, 0.2) is 42.0 Å². The van der Waals surface area contributed by atoms with Gasteiger partial charge < -0.3 is 10.1 Å². The van der Waals surface area contributed by atoms with Crippen LogP contribution in [-0.4, -0.2) is 13.0 Å². The van der Waals surface area contributed by atoms with Crippen LogP contribution in [0.4, 0.5) is 5.69 Å². The van der Waals surface area contributed by atoms with Crippen molar-refractivity contribution >= 4 is 29.3 Å². The molecule has 122 valence electrons. The Hall–Kier alpha value is -2.77. The van der Waals surface area contributed by atoms with Crippen LogP contribution in [0.5, 0.6) is 5.75 Å². The Morgan fingerprint density at radius 2 is 2.00 bits per heavy atom. The molecular formula is C19H17ClN2O2. The van der Waals surface area contributed by atoms with Gasteiger partial charge in [0.05, 0.1) is 7.11 Å². The molecule has 0 fully saturated rings. The van der Waals surface area contributed by atoms with Gasteiger partial charge >= 0.3 is 0 Å². The predicted octanol–water partition coefficient (Wildman–Crippen LogP) is 4.51. The molecule has 1 N–H and O–H groups in total. The molecule has 5 heteroatoms. The summed E-state index contributed by atoms with van der Waals surface area (Å²) in [5, 5.41) is 12.6. The molecule has 2 rings (SSSR count). The molecule has 0 saturated heterocycles. The highest BCUT2D eigenvalue weighted by Crippen LogP contribution is 2.25. The molecule has 2 aromatic carbocycles. The number of ether oxygens (including phenoxy) is 1. The van der Waals surface area contributed by atoms with E-state index < -0.39 is 5.91 Å². The summed E-state index contributed by atoms with van der Waals surface area (Å²) in [6.07, 6.45) is 1.46. The largest absolute Gasteiger partial charge is 0.496 e. The van der Waals surface area contributed by atoms with Crippen LogP contribution in [0, 0.1) is 25.2 Å². The summed E-state index contributed by atoms with van der Waals surface area (Å²) in [5.74, 6) is 0.0555. The third-order valence-corrected chi connectivity index (χ3v) is 3.73. The van der Waals surface area contributed by atoms with E-state index in [4.69, 9.17) is 16.3 Å². The summed E-state index contributed by atoms with van der Waals surface area (Å²) in [6.45, 7) is 3.83. The number of benzene rings is 2. The standard InChI is InChI=1S/C19H17ClN2O2/c1-12-4-5-13(2)17(8-12)22-19(23)15(11-21)9-14-10-16(20)6-7-18(14)24-3/h4-10H,1-3H3,(H,22,23)/b15-9+. The number of methoxy groups -OCH3 is 1. The monoisotopic (exact) mass is 340 g/mol. The van der Waals surface area contributed by atoms with E-state index in [-0.39, 0.29) is 5.57 Å². The lowest BCUT2D eigenvalue weighted by molar-refractivity contribution is -0.112. The molecule has 0 heterocycles. The van der Waals surface area contributed by atoms with Crippen molar-refractivity contribution in [2.75, 3.05) is 12.4 Å². The molecule has 0 spiro atoms. The number of nitriles is 1. The first-order chi connectivity index (χ1) is 11.4. The smallest absolute Gasteiger partial charge is 0.266 e. The van der Waals surface area contributed by atoms with Crippen LogP contribution in [0.2, 0.25) is 5.02 Å². The highest BCUT2D eigenvalue weighted by atomic mass is 35.5. The predicted molar refractivity (Wildman–Crippen MR) is 96.1 cm³/mol. The molecule has 0 aromatic heterocycles. The molecule has 4 nitrogen and oxygen atoms in total. The van der Waals surface area contributed by atoms with E-state index in [1.54, 1.807) is 18.2 Å². The van der Waals surface area contributed by atoms with Crippen molar-refractivity contribution in [2.24, 2.45) is 0 Å². The fourth-order valence-corrected chi connectivity index (χ4v) is 2.36. The molecule has 24 heavy (non-hydrogen) atoms. The lowest BCUT2D eigenvalue weighted by Gasteiger charge is -2.09. The molecule has 0 bridgehead atoms. The van der Waals surface area contributed by atoms with Crippen LogP contribution in [0.25, 0.3) is 6.08 Å². The Balaban J connectivity index is 2.34. The van der Waals surface area contributed by atoms with Gasteiger partial charge in [-0.05, 0) is 55.3 Å². The van der Waals surface area contributed by atoms with E-state index in [0.29, 0.717) is 22.0 Å². The number of nitrogens with one attached hydrogen (secondary N) is 1. The van der Waals surface area contributed by atoms with Crippen LogP contribution in [0.3, 0.4) is 0 Å². The quantitative estimate of drug-likeness (QED) is 0.658. The zero-order valence-corrected chi connectivity index (χ0v) is 14.4. The second kappa shape index (κ2) is 7.67. The molecule has 2 aromatic rings. The van der Waals surface area contributed by atoms with Crippen LogP contribution >= 0.6 is 11.6 Å². The van der Waals surface area contributed by atoms with Crippen molar-refractivity contribution in [2.45, 2.75) is 13.8 Å². The molecule has 0 aliphatic rings. The van der Waals surface area contributed by atoms with Gasteiger partial charge in [0.1, 0.15) is 17.4 Å². The van der Waals surface area contributed by atoms with Gasteiger partial charge in [0.2, 0.25) is 0 Å².